The van der Waals surface area contributed by atoms with Crippen molar-refractivity contribution in [1.29, 1.82) is 0 Å². The van der Waals surface area contributed by atoms with Crippen LogP contribution >= 0.6 is 0 Å². The van der Waals surface area contributed by atoms with Crippen molar-refractivity contribution in [2.45, 2.75) is 36.8 Å². The highest BCUT2D eigenvalue weighted by Crippen LogP contribution is 2.44. The lowest BCUT2D eigenvalue weighted by atomic mass is 9.88. The summed E-state index contributed by atoms with van der Waals surface area (Å²) in [4.78, 5) is 36.9. The summed E-state index contributed by atoms with van der Waals surface area (Å²) >= 11 is 0. The number of carboxylic acid groups (broad SMARTS) is 1. The zero-order valence-electron chi connectivity index (χ0n) is 18.9. The van der Waals surface area contributed by atoms with Crippen LogP contribution in [-0.2, 0) is 19.1 Å². The van der Waals surface area contributed by atoms with Gasteiger partial charge in [0.05, 0.1) is 6.54 Å². The molecule has 1 aliphatic carbocycles. The molecule has 0 bridgehead atoms. The van der Waals surface area contributed by atoms with Crippen LogP contribution in [0, 0.1) is 0 Å². The van der Waals surface area contributed by atoms with E-state index in [1.54, 1.807) is 0 Å². The van der Waals surface area contributed by atoms with Gasteiger partial charge in [0.25, 0.3) is 0 Å². The Hall–Kier alpha value is -3.43. The monoisotopic (exact) mass is 468 g/mol. The largest absolute Gasteiger partial charge is 0.479 e. The molecule has 34 heavy (non-hydrogen) atoms. The first kappa shape index (κ1) is 23.7. The van der Waals surface area contributed by atoms with Crippen LogP contribution in [-0.4, -0.2) is 65.7 Å². The van der Waals surface area contributed by atoms with E-state index in [0.717, 1.165) is 29.2 Å². The highest BCUT2D eigenvalue weighted by atomic mass is 16.5. The Labute approximate surface area is 197 Å². The molecule has 9 heteroatoms. The number of aliphatic hydroxyl groups is 1. The number of amides is 2. The Bertz CT molecular complexity index is 1050. The van der Waals surface area contributed by atoms with Crippen LogP contribution in [0.3, 0.4) is 0 Å². The van der Waals surface area contributed by atoms with Gasteiger partial charge in [-0.25, -0.2) is 9.59 Å². The van der Waals surface area contributed by atoms with Crippen LogP contribution in [0.4, 0.5) is 4.79 Å². The second kappa shape index (κ2) is 9.44. The number of carbonyl (C=O) groups excluding carboxylic acids is 2. The molecule has 1 heterocycles. The normalized spacial score (nSPS) is 18.2. The van der Waals surface area contributed by atoms with Gasteiger partial charge in [0.1, 0.15) is 12.1 Å². The lowest BCUT2D eigenvalue weighted by Gasteiger charge is -2.36. The molecule has 9 nitrogen and oxygen atoms in total. The first-order valence-corrected chi connectivity index (χ1v) is 11.2. The van der Waals surface area contributed by atoms with Gasteiger partial charge >= 0.3 is 12.1 Å². The first-order chi connectivity index (χ1) is 16.2. The van der Waals surface area contributed by atoms with Crippen molar-refractivity contribution in [1.82, 2.24) is 10.6 Å². The van der Waals surface area contributed by atoms with Gasteiger partial charge < -0.3 is 30.3 Å². The zero-order valence-corrected chi connectivity index (χ0v) is 18.9. The molecule has 2 aliphatic rings. The molecule has 1 unspecified atom stereocenters. The van der Waals surface area contributed by atoms with Crippen LogP contribution < -0.4 is 10.6 Å². The van der Waals surface area contributed by atoms with Gasteiger partial charge in [-0.1, -0.05) is 48.5 Å². The molecular formula is C25H28N2O7. The highest BCUT2D eigenvalue weighted by Gasteiger charge is 2.43. The molecule has 2 amide bonds. The van der Waals surface area contributed by atoms with Gasteiger partial charge in [-0.3, -0.25) is 4.79 Å². The van der Waals surface area contributed by atoms with E-state index in [2.05, 4.69) is 10.6 Å². The SMILES string of the molecule is CC(O)(CNC(=O)C1(NC(=O)OCC2c3ccccc3-c3ccccc32)CCOCC1)C(=O)O. The van der Waals surface area contributed by atoms with E-state index < -0.39 is 35.7 Å². The lowest BCUT2D eigenvalue weighted by Crippen LogP contribution is -2.63. The van der Waals surface area contributed by atoms with Crippen molar-refractivity contribution in [2.75, 3.05) is 26.4 Å². The van der Waals surface area contributed by atoms with Gasteiger partial charge in [0.15, 0.2) is 5.60 Å². The van der Waals surface area contributed by atoms with Gasteiger partial charge in [0, 0.05) is 32.0 Å². The van der Waals surface area contributed by atoms with E-state index in [-0.39, 0.29) is 38.6 Å². The number of hydrogen-bond acceptors (Lipinski definition) is 6. The zero-order chi connectivity index (χ0) is 24.3. The van der Waals surface area contributed by atoms with Crippen LogP contribution in [0.15, 0.2) is 48.5 Å². The minimum absolute atomic E-state index is 0.0990. The molecule has 4 rings (SSSR count). The van der Waals surface area contributed by atoms with E-state index in [4.69, 9.17) is 14.6 Å². The highest BCUT2D eigenvalue weighted by molar-refractivity contribution is 5.91. The second-order valence-corrected chi connectivity index (χ2v) is 8.91. The second-order valence-electron chi connectivity index (χ2n) is 8.91. The first-order valence-electron chi connectivity index (χ1n) is 11.2. The molecule has 1 saturated heterocycles. The molecule has 180 valence electrons. The smallest absolute Gasteiger partial charge is 0.408 e. The van der Waals surface area contributed by atoms with Crippen molar-refractivity contribution in [3.8, 4) is 11.1 Å². The number of alkyl carbamates (subject to hydrolysis) is 1. The molecule has 2 aromatic carbocycles. The third kappa shape index (κ3) is 4.62. The number of fused-ring (bicyclic) bond motifs is 3. The quantitative estimate of drug-likeness (QED) is 0.488. The molecule has 0 saturated carbocycles. The number of carbonyl (C=O) groups is 3. The Morgan fingerprint density at radius 3 is 2.18 bits per heavy atom. The summed E-state index contributed by atoms with van der Waals surface area (Å²) in [5, 5.41) is 24.1. The van der Waals surface area contributed by atoms with Crippen molar-refractivity contribution in [2.24, 2.45) is 0 Å². The molecule has 1 aliphatic heterocycles. The molecule has 1 atom stereocenters. The third-order valence-electron chi connectivity index (χ3n) is 6.52. The number of rotatable bonds is 7. The summed E-state index contributed by atoms with van der Waals surface area (Å²) in [7, 11) is 0. The molecule has 0 aromatic heterocycles. The number of benzene rings is 2. The van der Waals surface area contributed by atoms with E-state index in [9.17, 15) is 19.5 Å². The lowest BCUT2D eigenvalue weighted by molar-refractivity contribution is -0.156. The van der Waals surface area contributed by atoms with E-state index in [0.29, 0.717) is 0 Å². The van der Waals surface area contributed by atoms with Gasteiger partial charge in [-0.2, -0.15) is 0 Å². The van der Waals surface area contributed by atoms with Gasteiger partial charge in [-0.15, -0.1) is 0 Å². The summed E-state index contributed by atoms with van der Waals surface area (Å²) in [5.74, 6) is -2.17. The van der Waals surface area contributed by atoms with Crippen LogP contribution in [0.1, 0.15) is 36.8 Å². The number of carboxylic acids is 1. The van der Waals surface area contributed by atoms with E-state index >= 15 is 0 Å². The van der Waals surface area contributed by atoms with Crippen molar-refractivity contribution >= 4 is 18.0 Å². The van der Waals surface area contributed by atoms with Crippen LogP contribution in [0.2, 0.25) is 0 Å². The maximum atomic E-state index is 13.0. The fourth-order valence-corrected chi connectivity index (χ4v) is 4.46. The summed E-state index contributed by atoms with van der Waals surface area (Å²) in [6.07, 6.45) is -0.361. The number of nitrogens with one attached hydrogen (secondary N) is 2. The summed E-state index contributed by atoms with van der Waals surface area (Å²) < 4.78 is 10.9. The molecule has 1 fully saturated rings. The third-order valence-corrected chi connectivity index (χ3v) is 6.52. The average Bonchev–Trinajstić information content (AvgIpc) is 3.15. The topological polar surface area (TPSA) is 134 Å². The Morgan fingerprint density at radius 2 is 1.62 bits per heavy atom. The Morgan fingerprint density at radius 1 is 1.06 bits per heavy atom. The van der Waals surface area contributed by atoms with Crippen molar-refractivity contribution in [3.05, 3.63) is 59.7 Å². The van der Waals surface area contributed by atoms with Gasteiger partial charge in [0.2, 0.25) is 5.91 Å². The number of aliphatic carboxylic acids is 1. The van der Waals surface area contributed by atoms with E-state index in [1.165, 1.54) is 0 Å². The Kier molecular flexibility index (Phi) is 6.58. The maximum absolute atomic E-state index is 13.0. The molecule has 2 aromatic rings. The summed E-state index contributed by atoms with van der Waals surface area (Å²) in [6.45, 7) is 1.17. The minimum Gasteiger partial charge on any atom is -0.479 e. The predicted molar refractivity (Wildman–Crippen MR) is 122 cm³/mol. The summed E-state index contributed by atoms with van der Waals surface area (Å²) in [6, 6.07) is 16.0. The van der Waals surface area contributed by atoms with Gasteiger partial charge in [-0.05, 0) is 29.2 Å². The number of ether oxygens (including phenoxy) is 2. The Balaban J connectivity index is 1.44. The fraction of sp³-hybridized carbons (Fsp3) is 0.400. The fourth-order valence-electron chi connectivity index (χ4n) is 4.46. The minimum atomic E-state index is -2.13. The van der Waals surface area contributed by atoms with E-state index in [1.807, 2.05) is 48.5 Å². The van der Waals surface area contributed by atoms with Crippen LogP contribution in [0.5, 0.6) is 0 Å². The summed E-state index contributed by atoms with van der Waals surface area (Å²) in [5.41, 5.74) is 0.911. The molecule has 0 radical (unpaired) electrons. The molecule has 4 N–H and O–H groups in total. The van der Waals surface area contributed by atoms with Crippen molar-refractivity contribution in [3.63, 3.8) is 0 Å². The average molecular weight is 469 g/mol. The number of hydrogen-bond donors (Lipinski definition) is 4. The maximum Gasteiger partial charge on any atom is 0.408 e. The molecule has 0 spiro atoms. The van der Waals surface area contributed by atoms with Crippen LogP contribution in [0.25, 0.3) is 11.1 Å². The molecular weight excluding hydrogens is 440 g/mol. The predicted octanol–water partition coefficient (Wildman–Crippen LogP) is 2.03. The standard InChI is InChI=1S/C25H28N2O7/c1-24(32,22(29)30)15-26-21(28)25(10-12-33-13-11-25)27-23(31)34-14-20-18-8-4-2-6-16(18)17-7-3-5-9-19(17)20/h2-9,20,32H,10-15H2,1H3,(H,26,28)(H,27,31)(H,29,30). The van der Waals surface area contributed by atoms with Crippen molar-refractivity contribution < 1.29 is 34.1 Å².